The number of hydrogen-bond acceptors (Lipinski definition) is 9. The van der Waals surface area contributed by atoms with Gasteiger partial charge in [0.1, 0.15) is 6.04 Å². The first-order valence-electron chi connectivity index (χ1n) is 9.78. The molecular weight excluding hydrogens is 392 g/mol. The Morgan fingerprint density at radius 2 is 2.00 bits per heavy atom. The molecule has 2 aliphatic rings. The van der Waals surface area contributed by atoms with Gasteiger partial charge in [0.15, 0.2) is 17.3 Å². The molecule has 0 saturated carbocycles. The average Bonchev–Trinajstić information content (AvgIpc) is 3.41. The molecule has 0 aliphatic carbocycles. The Morgan fingerprint density at radius 1 is 1.20 bits per heavy atom. The smallest absolute Gasteiger partial charge is 0.253 e. The van der Waals surface area contributed by atoms with E-state index in [-0.39, 0.29) is 12.4 Å². The van der Waals surface area contributed by atoms with Crippen molar-refractivity contribution in [2.45, 2.75) is 12.6 Å². The molecule has 1 unspecified atom stereocenters. The van der Waals surface area contributed by atoms with Crippen LogP contribution in [0, 0.1) is 0 Å². The maximum atomic E-state index is 13.1. The molecule has 0 bridgehead atoms. The molecule has 5 rings (SSSR count). The minimum absolute atomic E-state index is 0.174. The monoisotopic (exact) mass is 414 g/mol. The number of ether oxygens (including phenoxy) is 4. The number of methoxy groups -OCH3 is 1. The molecule has 0 amide bonds. The van der Waals surface area contributed by atoms with Gasteiger partial charge >= 0.3 is 0 Å². The van der Waals surface area contributed by atoms with Crippen molar-refractivity contribution in [3.8, 4) is 11.5 Å². The van der Waals surface area contributed by atoms with Crippen molar-refractivity contribution in [1.82, 2.24) is 30.1 Å². The van der Waals surface area contributed by atoms with Crippen LogP contribution in [0.5, 0.6) is 11.5 Å². The Labute approximate surface area is 171 Å². The first kappa shape index (κ1) is 19.0. The third-order valence-electron chi connectivity index (χ3n) is 5.38. The van der Waals surface area contributed by atoms with Gasteiger partial charge in [0.25, 0.3) is 5.56 Å². The number of fused-ring (bicyclic) bond motifs is 2. The predicted molar refractivity (Wildman–Crippen MR) is 105 cm³/mol. The SMILES string of the molecule is COCCn1nnnc1C(c1cc2cc3c(cc2[nH]c1=O)OCO3)N1CCOCC1. The van der Waals surface area contributed by atoms with E-state index >= 15 is 0 Å². The van der Waals surface area contributed by atoms with Crippen molar-refractivity contribution in [3.05, 3.63) is 39.9 Å². The van der Waals surface area contributed by atoms with E-state index < -0.39 is 6.04 Å². The lowest BCUT2D eigenvalue weighted by Crippen LogP contribution is -2.42. The van der Waals surface area contributed by atoms with Crippen molar-refractivity contribution in [2.24, 2.45) is 0 Å². The highest BCUT2D eigenvalue weighted by Crippen LogP contribution is 2.36. The van der Waals surface area contributed by atoms with Gasteiger partial charge in [0, 0.05) is 37.2 Å². The Bertz CT molecular complexity index is 1110. The highest BCUT2D eigenvalue weighted by Gasteiger charge is 2.31. The Balaban J connectivity index is 1.63. The maximum Gasteiger partial charge on any atom is 0.253 e. The lowest BCUT2D eigenvalue weighted by atomic mass is 10.0. The largest absolute Gasteiger partial charge is 0.454 e. The Hall–Kier alpha value is -3.02. The summed E-state index contributed by atoms with van der Waals surface area (Å²) in [7, 11) is 1.63. The van der Waals surface area contributed by atoms with E-state index in [1.165, 1.54) is 0 Å². The summed E-state index contributed by atoms with van der Waals surface area (Å²) in [6.07, 6.45) is 0. The van der Waals surface area contributed by atoms with Crippen LogP contribution in [0.3, 0.4) is 0 Å². The molecule has 1 atom stereocenters. The van der Waals surface area contributed by atoms with Gasteiger partial charge in [-0.25, -0.2) is 4.68 Å². The number of nitrogens with one attached hydrogen (secondary N) is 1. The van der Waals surface area contributed by atoms with Crippen LogP contribution >= 0.6 is 0 Å². The van der Waals surface area contributed by atoms with E-state index in [2.05, 4.69) is 25.4 Å². The van der Waals surface area contributed by atoms with Crippen LogP contribution in [-0.4, -0.2) is 76.9 Å². The standard InChI is InChI=1S/C19H22N6O5/c1-27-5-4-25-18(21-22-23-25)17(24-2-6-28-7-3-24)13-8-12-9-15-16(30-11-29-15)10-14(12)20-19(13)26/h8-10,17H,2-7,11H2,1H3,(H,20,26). The van der Waals surface area contributed by atoms with Gasteiger partial charge in [-0.3, -0.25) is 9.69 Å². The van der Waals surface area contributed by atoms with Gasteiger partial charge in [-0.15, -0.1) is 5.10 Å². The Morgan fingerprint density at radius 3 is 2.80 bits per heavy atom. The number of tetrazole rings is 1. The zero-order valence-electron chi connectivity index (χ0n) is 16.5. The second kappa shape index (κ2) is 8.01. The number of aromatic amines is 1. The lowest BCUT2D eigenvalue weighted by Gasteiger charge is -2.33. The molecule has 1 fully saturated rings. The number of rotatable bonds is 6. The van der Waals surface area contributed by atoms with Gasteiger partial charge < -0.3 is 23.9 Å². The van der Waals surface area contributed by atoms with Crippen molar-refractivity contribution < 1.29 is 18.9 Å². The normalized spacial score (nSPS) is 17.5. The van der Waals surface area contributed by atoms with Gasteiger partial charge in [-0.05, 0) is 22.6 Å². The summed E-state index contributed by atoms with van der Waals surface area (Å²) in [5.41, 5.74) is 1.06. The third kappa shape index (κ3) is 3.40. The fourth-order valence-electron chi connectivity index (χ4n) is 3.90. The number of pyridine rings is 1. The predicted octanol–water partition coefficient (Wildman–Crippen LogP) is 0.311. The zero-order valence-corrected chi connectivity index (χ0v) is 16.5. The summed E-state index contributed by atoms with van der Waals surface area (Å²) in [5, 5.41) is 13.1. The number of hydrogen-bond donors (Lipinski definition) is 1. The van der Waals surface area contributed by atoms with Crippen LogP contribution in [-0.2, 0) is 16.0 Å². The van der Waals surface area contributed by atoms with E-state index in [1.54, 1.807) is 17.9 Å². The van der Waals surface area contributed by atoms with E-state index in [0.29, 0.717) is 67.9 Å². The highest BCUT2D eigenvalue weighted by atomic mass is 16.7. The number of morpholine rings is 1. The molecule has 2 aliphatic heterocycles. The van der Waals surface area contributed by atoms with Gasteiger partial charge in [-0.2, -0.15) is 0 Å². The molecule has 1 aromatic carbocycles. The summed E-state index contributed by atoms with van der Waals surface area (Å²) in [4.78, 5) is 18.3. The molecule has 4 heterocycles. The molecular formula is C19H22N6O5. The molecule has 30 heavy (non-hydrogen) atoms. The van der Waals surface area contributed by atoms with Crippen molar-refractivity contribution in [3.63, 3.8) is 0 Å². The topological polar surface area (TPSA) is 117 Å². The fourth-order valence-corrected chi connectivity index (χ4v) is 3.90. The maximum absolute atomic E-state index is 13.1. The molecule has 11 nitrogen and oxygen atoms in total. The average molecular weight is 414 g/mol. The van der Waals surface area contributed by atoms with Crippen LogP contribution in [0.25, 0.3) is 10.9 Å². The van der Waals surface area contributed by atoms with Crippen LogP contribution in [0.4, 0.5) is 0 Å². The zero-order chi connectivity index (χ0) is 20.5. The van der Waals surface area contributed by atoms with Crippen LogP contribution in [0.15, 0.2) is 23.0 Å². The number of aromatic nitrogens is 5. The van der Waals surface area contributed by atoms with E-state index in [4.69, 9.17) is 18.9 Å². The minimum Gasteiger partial charge on any atom is -0.454 e. The molecule has 158 valence electrons. The van der Waals surface area contributed by atoms with Crippen molar-refractivity contribution in [1.29, 1.82) is 0 Å². The number of benzene rings is 1. The van der Waals surface area contributed by atoms with Crippen LogP contribution in [0.1, 0.15) is 17.4 Å². The van der Waals surface area contributed by atoms with Crippen molar-refractivity contribution >= 4 is 10.9 Å². The van der Waals surface area contributed by atoms with Crippen molar-refractivity contribution in [2.75, 3.05) is 46.8 Å². The molecule has 3 aromatic rings. The van der Waals surface area contributed by atoms with E-state index in [9.17, 15) is 4.79 Å². The second-order valence-electron chi connectivity index (χ2n) is 7.15. The number of nitrogens with zero attached hydrogens (tertiary/aromatic N) is 5. The van der Waals surface area contributed by atoms with Gasteiger partial charge in [0.05, 0.1) is 31.9 Å². The summed E-state index contributed by atoms with van der Waals surface area (Å²) in [6.45, 7) is 3.63. The van der Waals surface area contributed by atoms with E-state index in [1.807, 2.05) is 12.1 Å². The molecule has 2 aromatic heterocycles. The first-order chi connectivity index (χ1) is 14.7. The minimum atomic E-state index is -0.417. The Kier molecular flexibility index (Phi) is 5.07. The van der Waals surface area contributed by atoms with Gasteiger partial charge in [0.2, 0.25) is 6.79 Å². The number of H-pyrrole nitrogens is 1. The van der Waals surface area contributed by atoms with Crippen LogP contribution in [0.2, 0.25) is 0 Å². The molecule has 0 spiro atoms. The fraction of sp³-hybridized carbons (Fsp3) is 0.474. The molecule has 1 N–H and O–H groups in total. The highest BCUT2D eigenvalue weighted by molar-refractivity contribution is 5.83. The quantitative estimate of drug-likeness (QED) is 0.608. The molecule has 0 radical (unpaired) electrons. The van der Waals surface area contributed by atoms with Crippen LogP contribution < -0.4 is 15.0 Å². The summed E-state index contributed by atoms with van der Waals surface area (Å²) < 4.78 is 23.3. The summed E-state index contributed by atoms with van der Waals surface area (Å²) >= 11 is 0. The first-order valence-corrected chi connectivity index (χ1v) is 9.78. The van der Waals surface area contributed by atoms with Gasteiger partial charge in [-0.1, -0.05) is 0 Å². The second-order valence-corrected chi connectivity index (χ2v) is 7.15. The lowest BCUT2D eigenvalue weighted by molar-refractivity contribution is 0.0211. The molecule has 1 saturated heterocycles. The summed E-state index contributed by atoms with van der Waals surface area (Å²) in [5.74, 6) is 1.88. The molecule has 11 heteroatoms. The summed E-state index contributed by atoms with van der Waals surface area (Å²) in [6, 6.07) is 5.13. The third-order valence-corrected chi connectivity index (χ3v) is 5.38. The van der Waals surface area contributed by atoms with E-state index in [0.717, 1.165) is 5.39 Å².